The molecular formula is C21H24N10O. The quantitative estimate of drug-likeness (QED) is 0.399. The first-order valence-electron chi connectivity index (χ1n) is 10.6. The summed E-state index contributed by atoms with van der Waals surface area (Å²) in [6.45, 7) is 2.89. The first-order chi connectivity index (χ1) is 15.7. The minimum Gasteiger partial charge on any atom is -0.373 e. The fraction of sp³-hybridized carbons (Fsp3) is 0.333. The van der Waals surface area contributed by atoms with Gasteiger partial charge in [0.2, 0.25) is 5.95 Å². The van der Waals surface area contributed by atoms with E-state index in [2.05, 4.69) is 52.8 Å². The zero-order valence-corrected chi connectivity index (χ0v) is 17.9. The van der Waals surface area contributed by atoms with Crippen LogP contribution in [0.2, 0.25) is 0 Å². The van der Waals surface area contributed by atoms with Gasteiger partial charge in [0.25, 0.3) is 0 Å². The zero-order chi connectivity index (χ0) is 21.9. The molecule has 0 amide bonds. The second kappa shape index (κ2) is 8.61. The molecule has 1 aliphatic rings. The van der Waals surface area contributed by atoms with E-state index >= 15 is 0 Å². The predicted octanol–water partition coefficient (Wildman–Crippen LogP) is 3.33. The van der Waals surface area contributed by atoms with Gasteiger partial charge in [-0.15, -0.1) is 0 Å². The average Bonchev–Trinajstić information content (AvgIpc) is 3.59. The molecule has 5 rings (SSSR count). The maximum atomic E-state index is 5.68. The van der Waals surface area contributed by atoms with Gasteiger partial charge in [0, 0.05) is 49.9 Å². The summed E-state index contributed by atoms with van der Waals surface area (Å²) in [4.78, 5) is 20.1. The Morgan fingerprint density at radius 2 is 1.97 bits per heavy atom. The van der Waals surface area contributed by atoms with Gasteiger partial charge >= 0.3 is 0 Å². The topological polar surface area (TPSA) is 134 Å². The van der Waals surface area contributed by atoms with Crippen LogP contribution >= 0.6 is 0 Å². The van der Waals surface area contributed by atoms with Crippen molar-refractivity contribution < 1.29 is 4.52 Å². The molecule has 1 aliphatic heterocycles. The van der Waals surface area contributed by atoms with E-state index in [1.165, 1.54) is 0 Å². The molecule has 32 heavy (non-hydrogen) atoms. The molecule has 0 aromatic carbocycles. The number of hydrogen-bond donors (Lipinski definition) is 3. The van der Waals surface area contributed by atoms with E-state index in [9.17, 15) is 0 Å². The van der Waals surface area contributed by atoms with Crippen LogP contribution in [0.4, 0.5) is 23.4 Å². The van der Waals surface area contributed by atoms with E-state index in [4.69, 9.17) is 9.51 Å². The number of aromatic nitrogens is 7. The molecule has 11 nitrogen and oxygen atoms in total. The minimum atomic E-state index is -0.0167. The minimum absolute atomic E-state index is 0.0167. The highest BCUT2D eigenvalue weighted by Gasteiger charge is 2.32. The third-order valence-corrected chi connectivity index (χ3v) is 5.40. The molecule has 1 atom stereocenters. The molecule has 0 bridgehead atoms. The van der Waals surface area contributed by atoms with E-state index < -0.39 is 0 Å². The lowest BCUT2D eigenvalue weighted by Gasteiger charge is -2.23. The largest absolute Gasteiger partial charge is 0.373 e. The van der Waals surface area contributed by atoms with Gasteiger partial charge < -0.3 is 20.1 Å². The summed E-state index contributed by atoms with van der Waals surface area (Å²) in [7, 11) is 1.84. The third kappa shape index (κ3) is 3.96. The van der Waals surface area contributed by atoms with E-state index in [1.54, 1.807) is 18.5 Å². The number of H-pyrrole nitrogens is 1. The number of nitrogens with one attached hydrogen (secondary N) is 3. The molecule has 0 saturated carbocycles. The summed E-state index contributed by atoms with van der Waals surface area (Å²) in [5, 5.41) is 17.9. The molecule has 0 aliphatic carbocycles. The molecule has 5 heterocycles. The predicted molar refractivity (Wildman–Crippen MR) is 120 cm³/mol. The Kier molecular flexibility index (Phi) is 5.36. The van der Waals surface area contributed by atoms with E-state index in [0.29, 0.717) is 34.9 Å². The fourth-order valence-corrected chi connectivity index (χ4v) is 3.78. The highest BCUT2D eigenvalue weighted by atomic mass is 16.5. The maximum Gasteiger partial charge on any atom is 0.229 e. The van der Waals surface area contributed by atoms with Crippen molar-refractivity contribution in [1.29, 1.82) is 0 Å². The standard InChI is InChI=1S/C21H24N10O/c1-3-13-10-19(29-28-13)25-18-12-17(22-2)26-21(27-18)31-9-4-6-15(31)16-11-14(30-32-16)20-23-7-5-8-24-20/h5,7-8,10-12,15H,3-4,6,9H2,1-2H3,(H3,22,25,26,27,28,29)/t15-/m0/s1. The van der Waals surface area contributed by atoms with Crippen molar-refractivity contribution in [3.05, 3.63) is 48.1 Å². The van der Waals surface area contributed by atoms with Crippen molar-refractivity contribution in [3.63, 3.8) is 0 Å². The van der Waals surface area contributed by atoms with Crippen LogP contribution in [0, 0.1) is 0 Å². The number of nitrogens with zero attached hydrogens (tertiary/aromatic N) is 7. The Balaban J connectivity index is 1.42. The van der Waals surface area contributed by atoms with Gasteiger partial charge in [-0.1, -0.05) is 12.1 Å². The number of hydrogen-bond acceptors (Lipinski definition) is 10. The molecule has 3 N–H and O–H groups in total. The number of rotatable bonds is 7. The zero-order valence-electron chi connectivity index (χ0n) is 17.9. The van der Waals surface area contributed by atoms with Crippen LogP contribution < -0.4 is 15.5 Å². The van der Waals surface area contributed by atoms with Crippen molar-refractivity contribution in [1.82, 2.24) is 35.3 Å². The van der Waals surface area contributed by atoms with Crippen molar-refractivity contribution in [2.24, 2.45) is 0 Å². The summed E-state index contributed by atoms with van der Waals surface area (Å²) in [5.41, 5.74) is 1.67. The molecule has 0 spiro atoms. The molecule has 164 valence electrons. The summed E-state index contributed by atoms with van der Waals surface area (Å²) >= 11 is 0. The molecule has 1 fully saturated rings. The summed E-state index contributed by atoms with van der Waals surface area (Å²) in [6, 6.07) is 7.48. The van der Waals surface area contributed by atoms with E-state index in [-0.39, 0.29) is 6.04 Å². The van der Waals surface area contributed by atoms with E-state index in [1.807, 2.05) is 25.2 Å². The van der Waals surface area contributed by atoms with Crippen LogP contribution in [0.15, 0.2) is 41.2 Å². The van der Waals surface area contributed by atoms with Crippen LogP contribution in [0.3, 0.4) is 0 Å². The fourth-order valence-electron chi connectivity index (χ4n) is 3.78. The first-order valence-corrected chi connectivity index (χ1v) is 10.6. The number of aryl methyl sites for hydroxylation is 1. The Hall–Kier alpha value is -4.02. The molecule has 4 aromatic rings. The van der Waals surface area contributed by atoms with Crippen molar-refractivity contribution in [2.45, 2.75) is 32.2 Å². The lowest BCUT2D eigenvalue weighted by molar-refractivity contribution is 0.362. The van der Waals surface area contributed by atoms with Gasteiger partial charge in [0.1, 0.15) is 11.6 Å². The molecule has 0 radical (unpaired) electrons. The summed E-state index contributed by atoms with van der Waals surface area (Å²) in [5.74, 6) is 3.99. The Morgan fingerprint density at radius 3 is 2.75 bits per heavy atom. The molecule has 0 unspecified atom stereocenters. The van der Waals surface area contributed by atoms with Gasteiger partial charge in [-0.25, -0.2) is 9.97 Å². The van der Waals surface area contributed by atoms with Crippen molar-refractivity contribution >= 4 is 23.4 Å². The molecule has 11 heteroatoms. The Morgan fingerprint density at radius 1 is 1.12 bits per heavy atom. The smallest absolute Gasteiger partial charge is 0.229 e. The van der Waals surface area contributed by atoms with Crippen LogP contribution in [0.25, 0.3) is 11.5 Å². The third-order valence-electron chi connectivity index (χ3n) is 5.40. The second-order valence-corrected chi connectivity index (χ2v) is 7.48. The highest BCUT2D eigenvalue weighted by molar-refractivity contribution is 5.60. The van der Waals surface area contributed by atoms with E-state index in [0.717, 1.165) is 37.3 Å². The van der Waals surface area contributed by atoms with Crippen LogP contribution in [0.5, 0.6) is 0 Å². The number of aromatic amines is 1. The monoisotopic (exact) mass is 432 g/mol. The van der Waals surface area contributed by atoms with Gasteiger partial charge in [-0.2, -0.15) is 15.1 Å². The van der Waals surface area contributed by atoms with Crippen LogP contribution in [-0.2, 0) is 6.42 Å². The average molecular weight is 432 g/mol. The lowest BCUT2D eigenvalue weighted by Crippen LogP contribution is -2.25. The van der Waals surface area contributed by atoms with Crippen LogP contribution in [0.1, 0.15) is 37.3 Å². The van der Waals surface area contributed by atoms with Gasteiger partial charge in [-0.05, 0) is 25.3 Å². The molecule has 1 saturated heterocycles. The van der Waals surface area contributed by atoms with Crippen LogP contribution in [-0.4, -0.2) is 48.9 Å². The van der Waals surface area contributed by atoms with Gasteiger partial charge in [-0.3, -0.25) is 5.10 Å². The van der Waals surface area contributed by atoms with Crippen molar-refractivity contribution in [3.8, 4) is 11.5 Å². The Labute approximate surface area is 184 Å². The lowest BCUT2D eigenvalue weighted by atomic mass is 10.1. The molecule has 4 aromatic heterocycles. The summed E-state index contributed by atoms with van der Waals surface area (Å²) < 4.78 is 5.68. The van der Waals surface area contributed by atoms with Gasteiger partial charge in [0.15, 0.2) is 23.1 Å². The normalized spacial score (nSPS) is 15.8. The Bertz CT molecular complexity index is 1190. The SMILES string of the molecule is CCc1cc(Nc2cc(NC)nc(N3CCC[C@H]3c3cc(-c4ncccn4)no3)n2)n[nH]1. The number of anilines is 4. The van der Waals surface area contributed by atoms with Gasteiger partial charge in [0.05, 0.1) is 6.04 Å². The summed E-state index contributed by atoms with van der Waals surface area (Å²) in [6.07, 6.45) is 6.17. The molecular weight excluding hydrogens is 408 g/mol. The maximum absolute atomic E-state index is 5.68. The first kappa shape index (κ1) is 19.9. The highest BCUT2D eigenvalue weighted by Crippen LogP contribution is 2.36. The second-order valence-electron chi connectivity index (χ2n) is 7.48. The van der Waals surface area contributed by atoms with Crippen molar-refractivity contribution in [2.75, 3.05) is 29.1 Å².